The molecule has 0 saturated heterocycles. The summed E-state index contributed by atoms with van der Waals surface area (Å²) in [6.07, 6.45) is 2.45. The molecule has 0 aliphatic heterocycles. The first kappa shape index (κ1) is 16.1. The van der Waals surface area contributed by atoms with Crippen LogP contribution in [0.15, 0.2) is 11.2 Å². The van der Waals surface area contributed by atoms with Gasteiger partial charge in [-0.25, -0.2) is 13.1 Å². The number of rotatable bonds is 8. The van der Waals surface area contributed by atoms with E-state index >= 15 is 0 Å². The van der Waals surface area contributed by atoms with E-state index in [0.717, 1.165) is 13.0 Å². The summed E-state index contributed by atoms with van der Waals surface area (Å²) < 4.78 is 27.1. The predicted molar refractivity (Wildman–Crippen MR) is 75.2 cm³/mol. The van der Waals surface area contributed by atoms with Crippen LogP contribution in [0.3, 0.4) is 0 Å². The van der Waals surface area contributed by atoms with Crippen molar-refractivity contribution in [3.8, 4) is 0 Å². The molecule has 6 nitrogen and oxygen atoms in total. The zero-order chi connectivity index (χ0) is 14.5. The number of aromatic amines is 1. The number of nitrogens with zero attached hydrogens (tertiary/aromatic N) is 1. The summed E-state index contributed by atoms with van der Waals surface area (Å²) in [5.41, 5.74) is 0.596. The standard InChI is InChI=1S/C12H24N4O2S/c1-5-12(3,4)9-15-19(17,18)11-10(7-13-6-2)8-14-16-11/h8,13,15H,5-7,9H2,1-4H3,(H,14,16). The Morgan fingerprint density at radius 3 is 2.63 bits per heavy atom. The SMILES string of the molecule is CCNCc1cn[nH]c1S(=O)(=O)NCC(C)(C)CC. The molecular weight excluding hydrogens is 264 g/mol. The molecule has 0 atom stereocenters. The van der Waals surface area contributed by atoms with E-state index in [1.54, 1.807) is 6.20 Å². The number of hydrogen-bond donors (Lipinski definition) is 3. The summed E-state index contributed by atoms with van der Waals surface area (Å²) in [6, 6.07) is 0. The van der Waals surface area contributed by atoms with Gasteiger partial charge in [-0.2, -0.15) is 5.10 Å². The zero-order valence-corrected chi connectivity index (χ0v) is 12.9. The molecule has 0 aliphatic rings. The van der Waals surface area contributed by atoms with E-state index < -0.39 is 10.0 Å². The second kappa shape index (κ2) is 6.49. The second-order valence-corrected chi connectivity index (χ2v) is 7.05. The first-order valence-electron chi connectivity index (χ1n) is 6.55. The van der Waals surface area contributed by atoms with E-state index in [-0.39, 0.29) is 10.4 Å². The summed E-state index contributed by atoms with van der Waals surface area (Å²) in [5, 5.41) is 9.64. The lowest BCUT2D eigenvalue weighted by Gasteiger charge is -2.22. The average Bonchev–Trinajstić information content (AvgIpc) is 2.83. The Kier molecular flexibility index (Phi) is 5.51. The van der Waals surface area contributed by atoms with Crippen molar-refractivity contribution in [1.29, 1.82) is 0 Å². The fourth-order valence-electron chi connectivity index (χ4n) is 1.41. The van der Waals surface area contributed by atoms with Gasteiger partial charge >= 0.3 is 0 Å². The Morgan fingerprint density at radius 2 is 2.05 bits per heavy atom. The van der Waals surface area contributed by atoms with Crippen LogP contribution in [0.1, 0.15) is 39.7 Å². The highest BCUT2D eigenvalue weighted by atomic mass is 32.2. The normalized spacial score (nSPS) is 12.8. The quantitative estimate of drug-likeness (QED) is 0.671. The van der Waals surface area contributed by atoms with Gasteiger partial charge in [0.2, 0.25) is 0 Å². The molecule has 0 saturated carbocycles. The second-order valence-electron chi connectivity index (χ2n) is 5.35. The molecule has 0 aliphatic carbocycles. The van der Waals surface area contributed by atoms with Gasteiger partial charge in [-0.3, -0.25) is 5.10 Å². The van der Waals surface area contributed by atoms with E-state index in [4.69, 9.17) is 0 Å². The van der Waals surface area contributed by atoms with Crippen LogP contribution < -0.4 is 10.0 Å². The Balaban J connectivity index is 2.80. The summed E-state index contributed by atoms with van der Waals surface area (Å²) >= 11 is 0. The van der Waals surface area contributed by atoms with Crippen LogP contribution >= 0.6 is 0 Å². The summed E-state index contributed by atoms with van der Waals surface area (Å²) in [5.74, 6) is 0. The molecule has 0 aromatic carbocycles. The van der Waals surface area contributed by atoms with E-state index in [2.05, 4.69) is 20.2 Å². The van der Waals surface area contributed by atoms with Crippen molar-refractivity contribution in [3.05, 3.63) is 11.8 Å². The van der Waals surface area contributed by atoms with Crippen LogP contribution in [-0.4, -0.2) is 31.7 Å². The maximum atomic E-state index is 12.2. The van der Waals surface area contributed by atoms with Crippen LogP contribution in [-0.2, 0) is 16.6 Å². The van der Waals surface area contributed by atoms with E-state index in [1.165, 1.54) is 0 Å². The molecule has 1 rings (SSSR count). The minimum Gasteiger partial charge on any atom is -0.313 e. The minimum absolute atomic E-state index is 0.0606. The van der Waals surface area contributed by atoms with Crippen molar-refractivity contribution in [3.63, 3.8) is 0 Å². The zero-order valence-electron chi connectivity index (χ0n) is 12.1. The maximum absolute atomic E-state index is 12.2. The fraction of sp³-hybridized carbons (Fsp3) is 0.750. The minimum atomic E-state index is -3.53. The van der Waals surface area contributed by atoms with Crippen LogP contribution in [0.25, 0.3) is 0 Å². The number of sulfonamides is 1. The van der Waals surface area contributed by atoms with Gasteiger partial charge in [-0.05, 0) is 18.4 Å². The monoisotopic (exact) mass is 288 g/mol. The van der Waals surface area contributed by atoms with Crippen molar-refractivity contribution < 1.29 is 8.42 Å². The molecular formula is C12H24N4O2S. The Hall–Kier alpha value is -0.920. The summed E-state index contributed by atoms with van der Waals surface area (Å²) in [4.78, 5) is 0. The van der Waals surface area contributed by atoms with Crippen LogP contribution in [0.2, 0.25) is 0 Å². The number of H-pyrrole nitrogens is 1. The van der Waals surface area contributed by atoms with Gasteiger partial charge in [-0.1, -0.05) is 27.7 Å². The largest absolute Gasteiger partial charge is 0.313 e. The van der Waals surface area contributed by atoms with Gasteiger partial charge in [0.25, 0.3) is 10.0 Å². The van der Waals surface area contributed by atoms with Gasteiger partial charge < -0.3 is 5.32 Å². The van der Waals surface area contributed by atoms with Crippen molar-refractivity contribution >= 4 is 10.0 Å². The predicted octanol–water partition coefficient (Wildman–Crippen LogP) is 1.23. The molecule has 110 valence electrons. The molecule has 0 fully saturated rings. The third kappa shape index (κ3) is 4.59. The molecule has 1 aromatic heterocycles. The van der Waals surface area contributed by atoms with Gasteiger partial charge in [0.1, 0.15) is 0 Å². The summed E-state index contributed by atoms with van der Waals surface area (Å²) in [6.45, 7) is 9.74. The molecule has 0 unspecified atom stereocenters. The van der Waals surface area contributed by atoms with E-state index in [9.17, 15) is 8.42 Å². The van der Waals surface area contributed by atoms with Crippen molar-refractivity contribution in [2.45, 2.75) is 45.7 Å². The fourth-order valence-corrected chi connectivity index (χ4v) is 2.77. The lowest BCUT2D eigenvalue weighted by Crippen LogP contribution is -2.34. The van der Waals surface area contributed by atoms with Gasteiger partial charge in [-0.15, -0.1) is 0 Å². The highest BCUT2D eigenvalue weighted by Crippen LogP contribution is 2.19. The van der Waals surface area contributed by atoms with Crippen LogP contribution in [0.4, 0.5) is 0 Å². The molecule has 1 aromatic rings. The van der Waals surface area contributed by atoms with E-state index in [1.807, 2.05) is 27.7 Å². The number of nitrogens with one attached hydrogen (secondary N) is 3. The molecule has 0 bridgehead atoms. The Bertz CT molecular complexity index is 494. The third-order valence-corrected chi connectivity index (χ3v) is 4.63. The van der Waals surface area contributed by atoms with Crippen LogP contribution in [0, 0.1) is 5.41 Å². The third-order valence-electron chi connectivity index (χ3n) is 3.21. The van der Waals surface area contributed by atoms with Crippen LogP contribution in [0.5, 0.6) is 0 Å². The number of aromatic nitrogens is 2. The highest BCUT2D eigenvalue weighted by Gasteiger charge is 2.24. The topological polar surface area (TPSA) is 86.9 Å². The Morgan fingerprint density at radius 1 is 1.37 bits per heavy atom. The molecule has 7 heteroatoms. The average molecular weight is 288 g/mol. The Labute approximate surface area is 115 Å². The first-order chi connectivity index (χ1) is 8.82. The molecule has 0 radical (unpaired) electrons. The number of hydrogen-bond acceptors (Lipinski definition) is 4. The maximum Gasteiger partial charge on any atom is 0.257 e. The van der Waals surface area contributed by atoms with Crippen molar-refractivity contribution in [1.82, 2.24) is 20.2 Å². The van der Waals surface area contributed by atoms with Gasteiger partial charge in [0, 0.05) is 18.7 Å². The lowest BCUT2D eigenvalue weighted by atomic mass is 9.91. The smallest absolute Gasteiger partial charge is 0.257 e. The highest BCUT2D eigenvalue weighted by molar-refractivity contribution is 7.89. The molecule has 3 N–H and O–H groups in total. The van der Waals surface area contributed by atoms with Crippen molar-refractivity contribution in [2.24, 2.45) is 5.41 Å². The molecule has 19 heavy (non-hydrogen) atoms. The molecule has 0 spiro atoms. The van der Waals surface area contributed by atoms with Gasteiger partial charge in [0.15, 0.2) is 5.03 Å². The lowest BCUT2D eigenvalue weighted by molar-refractivity contribution is 0.350. The summed E-state index contributed by atoms with van der Waals surface area (Å²) in [7, 11) is -3.53. The van der Waals surface area contributed by atoms with Gasteiger partial charge in [0.05, 0.1) is 6.20 Å². The molecule has 1 heterocycles. The molecule has 0 amide bonds. The van der Waals surface area contributed by atoms with Crippen molar-refractivity contribution in [2.75, 3.05) is 13.1 Å². The van der Waals surface area contributed by atoms with E-state index in [0.29, 0.717) is 18.7 Å². The first-order valence-corrected chi connectivity index (χ1v) is 8.03.